The molecule has 2 aromatic heterocycles. The first-order chi connectivity index (χ1) is 14.8. The number of benzene rings is 1. The second-order valence-corrected chi connectivity index (χ2v) is 9.57. The Morgan fingerprint density at radius 3 is 2.68 bits per heavy atom. The summed E-state index contributed by atoms with van der Waals surface area (Å²) in [5.41, 5.74) is 8.70. The Morgan fingerprint density at radius 2 is 1.94 bits per heavy atom. The zero-order valence-electron chi connectivity index (χ0n) is 18.4. The van der Waals surface area contributed by atoms with Crippen LogP contribution >= 0.6 is 0 Å². The summed E-state index contributed by atoms with van der Waals surface area (Å²) in [6, 6.07) is 7.88. The Morgan fingerprint density at radius 1 is 1.16 bits per heavy atom. The van der Waals surface area contributed by atoms with Crippen LogP contribution < -0.4 is 15.2 Å². The number of anilines is 1. The van der Waals surface area contributed by atoms with Crippen molar-refractivity contribution >= 4 is 38.0 Å². The summed E-state index contributed by atoms with van der Waals surface area (Å²) in [7, 11) is -1.80. The number of unbranched alkanes of at least 4 members (excludes halogenated alkanes) is 1. The van der Waals surface area contributed by atoms with E-state index in [2.05, 4.69) is 19.0 Å². The maximum atomic E-state index is 12.0. The second kappa shape index (κ2) is 10.4. The third kappa shape index (κ3) is 5.91. The van der Waals surface area contributed by atoms with Crippen LogP contribution in [0.25, 0.3) is 21.9 Å². The monoisotopic (exact) mass is 448 g/mol. The van der Waals surface area contributed by atoms with Crippen LogP contribution in [-0.2, 0) is 27.9 Å². The van der Waals surface area contributed by atoms with Crippen molar-refractivity contribution in [2.24, 2.45) is 5.92 Å². The predicted molar refractivity (Wildman–Crippen MR) is 124 cm³/mol. The molecule has 0 aliphatic rings. The van der Waals surface area contributed by atoms with Gasteiger partial charge in [-0.3, -0.25) is 0 Å². The SMILES string of the molecule is COCCc1nc2c(N)nc3ccccc3c2n1CCCCNS(=O)(=O)NCC(C)C. The van der Waals surface area contributed by atoms with Crippen LogP contribution in [0.15, 0.2) is 24.3 Å². The summed E-state index contributed by atoms with van der Waals surface area (Å²) in [5.74, 6) is 1.56. The molecule has 0 saturated heterocycles. The van der Waals surface area contributed by atoms with Crippen LogP contribution in [0.2, 0.25) is 0 Å². The van der Waals surface area contributed by atoms with E-state index < -0.39 is 10.2 Å². The molecule has 0 saturated carbocycles. The number of imidazole rings is 1. The number of nitrogens with two attached hydrogens (primary N) is 1. The summed E-state index contributed by atoms with van der Waals surface area (Å²) in [5, 5.41) is 1.00. The number of hydrogen-bond donors (Lipinski definition) is 3. The molecular formula is C21H32N6O3S. The zero-order valence-corrected chi connectivity index (χ0v) is 19.2. The van der Waals surface area contributed by atoms with Crippen molar-refractivity contribution in [2.75, 3.05) is 32.5 Å². The number of aryl methyl sites for hydroxylation is 1. The minimum absolute atomic E-state index is 0.258. The number of rotatable bonds is 12. The number of methoxy groups -OCH3 is 1. The summed E-state index contributed by atoms with van der Waals surface area (Å²) in [6.07, 6.45) is 2.14. The molecule has 4 N–H and O–H groups in total. The second-order valence-electron chi connectivity index (χ2n) is 7.98. The number of pyridine rings is 1. The largest absolute Gasteiger partial charge is 0.384 e. The lowest BCUT2D eigenvalue weighted by Gasteiger charge is -2.12. The van der Waals surface area contributed by atoms with Gasteiger partial charge in [-0.05, 0) is 24.8 Å². The minimum atomic E-state index is -3.46. The molecule has 10 heteroatoms. The smallest absolute Gasteiger partial charge is 0.276 e. The highest BCUT2D eigenvalue weighted by atomic mass is 32.2. The minimum Gasteiger partial charge on any atom is -0.384 e. The van der Waals surface area contributed by atoms with Crippen LogP contribution in [-0.4, -0.2) is 49.8 Å². The molecular weight excluding hydrogens is 416 g/mol. The molecule has 0 atom stereocenters. The van der Waals surface area contributed by atoms with E-state index in [4.69, 9.17) is 15.5 Å². The molecule has 0 aliphatic carbocycles. The maximum absolute atomic E-state index is 12.0. The van der Waals surface area contributed by atoms with Gasteiger partial charge in [0.05, 0.1) is 17.6 Å². The van der Waals surface area contributed by atoms with Crippen LogP contribution in [0.4, 0.5) is 5.82 Å². The average molecular weight is 449 g/mol. The van der Waals surface area contributed by atoms with Gasteiger partial charge in [0, 0.05) is 38.6 Å². The van der Waals surface area contributed by atoms with Crippen molar-refractivity contribution in [2.45, 2.75) is 39.7 Å². The van der Waals surface area contributed by atoms with Crippen molar-refractivity contribution in [3.63, 3.8) is 0 Å². The molecule has 3 aromatic rings. The Balaban J connectivity index is 1.76. The van der Waals surface area contributed by atoms with Crippen LogP contribution in [0.5, 0.6) is 0 Å². The topological polar surface area (TPSA) is 124 Å². The molecule has 2 heterocycles. The first kappa shape index (κ1) is 23.4. The fraction of sp³-hybridized carbons (Fsp3) is 0.524. The van der Waals surface area contributed by atoms with Gasteiger partial charge < -0.3 is 15.0 Å². The zero-order chi connectivity index (χ0) is 22.4. The normalized spacial score (nSPS) is 12.4. The van der Waals surface area contributed by atoms with E-state index in [-0.39, 0.29) is 5.92 Å². The number of fused-ring (bicyclic) bond motifs is 3. The summed E-state index contributed by atoms with van der Waals surface area (Å²) in [6.45, 7) is 5.97. The van der Waals surface area contributed by atoms with Gasteiger partial charge in [0.15, 0.2) is 5.82 Å². The Hall–Kier alpha value is -2.27. The molecule has 0 fully saturated rings. The molecule has 3 rings (SSSR count). The van der Waals surface area contributed by atoms with Gasteiger partial charge in [0.1, 0.15) is 11.3 Å². The van der Waals surface area contributed by atoms with Crippen molar-refractivity contribution in [1.29, 1.82) is 0 Å². The summed E-state index contributed by atoms with van der Waals surface area (Å²) >= 11 is 0. The molecule has 0 unspecified atom stereocenters. The standard InChI is InChI=1S/C21H32N6O3S/c1-15(2)14-24-31(28,29)23-11-6-7-12-27-18(10-13-30-3)26-19-20(27)16-8-4-5-9-17(16)25-21(19)22/h4-5,8-9,15,23-24H,6-7,10-14H2,1-3H3,(H2,22,25). The Kier molecular flexibility index (Phi) is 7.82. The molecule has 170 valence electrons. The van der Waals surface area contributed by atoms with Gasteiger partial charge in [-0.2, -0.15) is 8.42 Å². The fourth-order valence-electron chi connectivity index (χ4n) is 3.46. The highest BCUT2D eigenvalue weighted by Gasteiger charge is 2.17. The van der Waals surface area contributed by atoms with Crippen LogP contribution in [0.3, 0.4) is 0 Å². The van der Waals surface area contributed by atoms with E-state index in [1.807, 2.05) is 38.1 Å². The quantitative estimate of drug-likeness (QED) is 0.365. The number of para-hydroxylation sites is 1. The average Bonchev–Trinajstić information content (AvgIpc) is 3.10. The third-order valence-electron chi connectivity index (χ3n) is 5.00. The number of nitrogens with one attached hydrogen (secondary N) is 2. The Bertz CT molecular complexity index is 1130. The predicted octanol–water partition coefficient (Wildman–Crippen LogP) is 2.22. The van der Waals surface area contributed by atoms with Crippen molar-refractivity contribution < 1.29 is 13.2 Å². The van der Waals surface area contributed by atoms with E-state index in [0.29, 0.717) is 50.4 Å². The fourth-order valence-corrected chi connectivity index (χ4v) is 4.53. The van der Waals surface area contributed by atoms with Crippen LogP contribution in [0, 0.1) is 5.92 Å². The summed E-state index contributed by atoms with van der Waals surface area (Å²) in [4.78, 5) is 9.24. The van der Waals surface area contributed by atoms with Gasteiger partial charge in [-0.25, -0.2) is 19.4 Å². The highest BCUT2D eigenvalue weighted by molar-refractivity contribution is 7.87. The lowest BCUT2D eigenvalue weighted by atomic mass is 10.2. The molecule has 9 nitrogen and oxygen atoms in total. The molecule has 0 spiro atoms. The maximum Gasteiger partial charge on any atom is 0.276 e. The van der Waals surface area contributed by atoms with Crippen LogP contribution in [0.1, 0.15) is 32.5 Å². The first-order valence-corrected chi connectivity index (χ1v) is 12.1. The third-order valence-corrected chi connectivity index (χ3v) is 6.13. The lowest BCUT2D eigenvalue weighted by molar-refractivity contribution is 0.199. The first-order valence-electron chi connectivity index (χ1n) is 10.6. The van der Waals surface area contributed by atoms with Gasteiger partial charge in [-0.15, -0.1) is 0 Å². The number of aromatic nitrogens is 3. The van der Waals surface area contributed by atoms with Crippen molar-refractivity contribution in [3.8, 4) is 0 Å². The molecule has 1 aromatic carbocycles. The van der Waals surface area contributed by atoms with Gasteiger partial charge >= 0.3 is 0 Å². The number of hydrogen-bond acceptors (Lipinski definition) is 6. The van der Waals surface area contributed by atoms with Crippen molar-refractivity contribution in [1.82, 2.24) is 24.0 Å². The van der Waals surface area contributed by atoms with Gasteiger partial charge in [0.2, 0.25) is 0 Å². The van der Waals surface area contributed by atoms with E-state index in [1.54, 1.807) is 7.11 Å². The van der Waals surface area contributed by atoms with E-state index in [1.165, 1.54) is 0 Å². The number of nitrogens with zero attached hydrogens (tertiary/aromatic N) is 3. The van der Waals surface area contributed by atoms with E-state index in [0.717, 1.165) is 28.7 Å². The summed E-state index contributed by atoms with van der Waals surface area (Å²) < 4.78 is 36.6. The molecule has 0 amide bonds. The van der Waals surface area contributed by atoms with E-state index >= 15 is 0 Å². The highest BCUT2D eigenvalue weighted by Crippen LogP contribution is 2.29. The van der Waals surface area contributed by atoms with Gasteiger partial charge in [-0.1, -0.05) is 32.0 Å². The molecule has 0 aliphatic heterocycles. The lowest BCUT2D eigenvalue weighted by Crippen LogP contribution is -2.38. The van der Waals surface area contributed by atoms with Gasteiger partial charge in [0.25, 0.3) is 10.2 Å². The van der Waals surface area contributed by atoms with Crippen molar-refractivity contribution in [3.05, 3.63) is 30.1 Å². The Labute approximate surface area is 183 Å². The number of ether oxygens (including phenoxy) is 1. The van der Waals surface area contributed by atoms with E-state index in [9.17, 15) is 8.42 Å². The number of nitrogen functional groups attached to an aromatic ring is 1. The molecule has 0 radical (unpaired) electrons. The molecule has 0 bridgehead atoms. The molecule has 31 heavy (non-hydrogen) atoms.